The van der Waals surface area contributed by atoms with Gasteiger partial charge in [-0.2, -0.15) is 0 Å². The Labute approximate surface area is 115 Å². The molecule has 0 radical (unpaired) electrons. The van der Waals surface area contributed by atoms with Gasteiger partial charge in [0.2, 0.25) is 10.0 Å². The van der Waals surface area contributed by atoms with Crippen molar-refractivity contribution in [1.82, 2.24) is 10.0 Å². The maximum absolute atomic E-state index is 12.2. The molecule has 19 heavy (non-hydrogen) atoms. The van der Waals surface area contributed by atoms with E-state index in [0.29, 0.717) is 19.6 Å². The molecule has 6 heteroatoms. The van der Waals surface area contributed by atoms with E-state index >= 15 is 0 Å². The molecule has 0 aromatic heterocycles. The van der Waals surface area contributed by atoms with Crippen LogP contribution in [0.5, 0.6) is 0 Å². The Kier molecular flexibility index (Phi) is 6.44. The van der Waals surface area contributed by atoms with E-state index in [4.69, 9.17) is 4.74 Å². The molecule has 0 aliphatic carbocycles. The van der Waals surface area contributed by atoms with Gasteiger partial charge >= 0.3 is 0 Å². The third-order valence-corrected chi connectivity index (χ3v) is 4.29. The molecule has 0 amide bonds. The minimum absolute atomic E-state index is 0.206. The number of benzene rings is 1. The number of sulfonamides is 1. The maximum Gasteiger partial charge on any atom is 0.240 e. The Hall–Kier alpha value is -0.950. The van der Waals surface area contributed by atoms with Gasteiger partial charge in [0.15, 0.2) is 0 Å². The van der Waals surface area contributed by atoms with Gasteiger partial charge in [0.05, 0.1) is 11.5 Å². The van der Waals surface area contributed by atoms with Crippen LogP contribution in [-0.2, 0) is 21.3 Å². The molecule has 0 aliphatic heterocycles. The summed E-state index contributed by atoms with van der Waals surface area (Å²) < 4.78 is 32.1. The van der Waals surface area contributed by atoms with Crippen LogP contribution in [0.2, 0.25) is 0 Å². The summed E-state index contributed by atoms with van der Waals surface area (Å²) in [4.78, 5) is 0.287. The fourth-order valence-corrected chi connectivity index (χ4v) is 3.12. The number of hydrogen-bond donors (Lipinski definition) is 2. The second-order valence-corrected chi connectivity index (χ2v) is 6.07. The normalized spacial score (nSPS) is 13.4. The predicted molar refractivity (Wildman–Crippen MR) is 75.5 cm³/mol. The van der Waals surface area contributed by atoms with Gasteiger partial charge in [-0.05, 0) is 31.2 Å². The van der Waals surface area contributed by atoms with E-state index in [0.717, 1.165) is 5.56 Å². The SMILES string of the molecule is CCC(COC)NS(=O)(=O)c1cccc(CNC)c1. The second kappa shape index (κ2) is 7.59. The Morgan fingerprint density at radius 2 is 2.11 bits per heavy atom. The van der Waals surface area contributed by atoms with Gasteiger partial charge in [-0.3, -0.25) is 0 Å². The van der Waals surface area contributed by atoms with Crippen LogP contribution in [0.4, 0.5) is 0 Å². The van der Waals surface area contributed by atoms with Crippen molar-refractivity contribution in [2.75, 3.05) is 20.8 Å². The summed E-state index contributed by atoms with van der Waals surface area (Å²) in [5, 5.41) is 3.00. The molecular weight excluding hydrogens is 264 g/mol. The number of ether oxygens (including phenoxy) is 1. The minimum atomic E-state index is -3.49. The Balaban J connectivity index is 2.89. The van der Waals surface area contributed by atoms with Crippen LogP contribution in [0, 0.1) is 0 Å². The van der Waals surface area contributed by atoms with Crippen molar-refractivity contribution >= 4 is 10.0 Å². The number of methoxy groups -OCH3 is 1. The zero-order valence-corrected chi connectivity index (χ0v) is 12.5. The van der Waals surface area contributed by atoms with E-state index in [1.165, 1.54) is 0 Å². The lowest BCUT2D eigenvalue weighted by Crippen LogP contribution is -2.37. The molecule has 108 valence electrons. The lowest BCUT2D eigenvalue weighted by Gasteiger charge is -2.16. The fraction of sp³-hybridized carbons (Fsp3) is 0.538. The van der Waals surface area contributed by atoms with E-state index in [-0.39, 0.29) is 10.9 Å². The highest BCUT2D eigenvalue weighted by Gasteiger charge is 2.19. The molecule has 0 heterocycles. The van der Waals surface area contributed by atoms with Gasteiger partial charge in [-0.1, -0.05) is 19.1 Å². The van der Waals surface area contributed by atoms with Crippen LogP contribution >= 0.6 is 0 Å². The zero-order chi connectivity index (χ0) is 14.3. The monoisotopic (exact) mass is 286 g/mol. The van der Waals surface area contributed by atoms with Gasteiger partial charge in [-0.15, -0.1) is 0 Å². The van der Waals surface area contributed by atoms with Crippen molar-refractivity contribution in [3.63, 3.8) is 0 Å². The first kappa shape index (κ1) is 16.1. The summed E-state index contributed by atoms with van der Waals surface area (Å²) in [7, 11) is -0.108. The van der Waals surface area contributed by atoms with Crippen LogP contribution in [-0.4, -0.2) is 35.2 Å². The van der Waals surface area contributed by atoms with Crippen molar-refractivity contribution in [2.24, 2.45) is 0 Å². The molecule has 1 aromatic rings. The van der Waals surface area contributed by atoms with Crippen LogP contribution in [0.3, 0.4) is 0 Å². The van der Waals surface area contributed by atoms with E-state index in [1.807, 2.05) is 20.0 Å². The van der Waals surface area contributed by atoms with Gasteiger partial charge in [-0.25, -0.2) is 13.1 Å². The molecule has 5 nitrogen and oxygen atoms in total. The number of nitrogens with one attached hydrogen (secondary N) is 2. The lowest BCUT2D eigenvalue weighted by atomic mass is 10.2. The number of rotatable bonds is 8. The molecule has 1 unspecified atom stereocenters. The molecule has 1 atom stereocenters. The van der Waals surface area contributed by atoms with Gasteiger partial charge in [0, 0.05) is 19.7 Å². The van der Waals surface area contributed by atoms with Crippen molar-refractivity contribution in [1.29, 1.82) is 0 Å². The Morgan fingerprint density at radius 3 is 2.68 bits per heavy atom. The molecule has 1 aromatic carbocycles. The zero-order valence-electron chi connectivity index (χ0n) is 11.6. The van der Waals surface area contributed by atoms with Crippen LogP contribution < -0.4 is 10.0 Å². The fourth-order valence-electron chi connectivity index (χ4n) is 1.75. The highest BCUT2D eigenvalue weighted by atomic mass is 32.2. The lowest BCUT2D eigenvalue weighted by molar-refractivity contribution is 0.173. The third kappa shape index (κ3) is 4.91. The first-order valence-electron chi connectivity index (χ1n) is 6.28. The van der Waals surface area contributed by atoms with Crippen molar-refractivity contribution in [3.05, 3.63) is 29.8 Å². The first-order chi connectivity index (χ1) is 9.03. The largest absolute Gasteiger partial charge is 0.383 e. The molecule has 0 bridgehead atoms. The third-order valence-electron chi connectivity index (χ3n) is 2.77. The maximum atomic E-state index is 12.2. The summed E-state index contributed by atoms with van der Waals surface area (Å²) in [6, 6.07) is 6.71. The number of hydrogen-bond acceptors (Lipinski definition) is 4. The molecule has 2 N–H and O–H groups in total. The molecule has 0 fully saturated rings. The van der Waals surface area contributed by atoms with Crippen LogP contribution in [0.25, 0.3) is 0 Å². The van der Waals surface area contributed by atoms with Gasteiger partial charge in [0.25, 0.3) is 0 Å². The summed E-state index contributed by atoms with van der Waals surface area (Å²) in [5.41, 5.74) is 0.935. The highest BCUT2D eigenvalue weighted by Crippen LogP contribution is 2.12. The van der Waals surface area contributed by atoms with Crippen molar-refractivity contribution < 1.29 is 13.2 Å². The van der Waals surface area contributed by atoms with Crippen LogP contribution in [0.15, 0.2) is 29.2 Å². The standard InChI is InChI=1S/C13H22N2O3S/c1-4-12(10-18-3)15-19(16,17)13-7-5-6-11(8-13)9-14-2/h5-8,12,14-15H,4,9-10H2,1-3H3. The summed E-state index contributed by atoms with van der Waals surface area (Å²) in [6.07, 6.45) is 0.684. The van der Waals surface area contributed by atoms with Gasteiger partial charge in [0.1, 0.15) is 0 Å². The quantitative estimate of drug-likeness (QED) is 0.751. The van der Waals surface area contributed by atoms with E-state index in [1.54, 1.807) is 25.3 Å². The topological polar surface area (TPSA) is 67.4 Å². The molecule has 0 spiro atoms. The van der Waals surface area contributed by atoms with Crippen molar-refractivity contribution in [2.45, 2.75) is 30.8 Å². The molecule has 0 aliphatic rings. The Bertz CT molecular complexity index is 488. The van der Waals surface area contributed by atoms with E-state index in [2.05, 4.69) is 10.0 Å². The summed E-state index contributed by atoms with van der Waals surface area (Å²) in [5.74, 6) is 0. The molecule has 1 rings (SSSR count). The van der Waals surface area contributed by atoms with E-state index in [9.17, 15) is 8.42 Å². The predicted octanol–water partition coefficient (Wildman–Crippen LogP) is 1.11. The smallest absolute Gasteiger partial charge is 0.240 e. The average Bonchev–Trinajstić information content (AvgIpc) is 2.39. The molecule has 0 saturated heterocycles. The van der Waals surface area contributed by atoms with Crippen molar-refractivity contribution in [3.8, 4) is 0 Å². The highest BCUT2D eigenvalue weighted by molar-refractivity contribution is 7.89. The summed E-state index contributed by atoms with van der Waals surface area (Å²) in [6.45, 7) is 2.92. The van der Waals surface area contributed by atoms with Gasteiger partial charge < -0.3 is 10.1 Å². The minimum Gasteiger partial charge on any atom is -0.383 e. The molecular formula is C13H22N2O3S. The summed E-state index contributed by atoms with van der Waals surface area (Å²) >= 11 is 0. The average molecular weight is 286 g/mol. The molecule has 0 saturated carbocycles. The Morgan fingerprint density at radius 1 is 1.37 bits per heavy atom. The first-order valence-corrected chi connectivity index (χ1v) is 7.76. The van der Waals surface area contributed by atoms with E-state index < -0.39 is 10.0 Å². The van der Waals surface area contributed by atoms with Crippen LogP contribution in [0.1, 0.15) is 18.9 Å². The second-order valence-electron chi connectivity index (χ2n) is 4.36.